The second kappa shape index (κ2) is 13.6. The van der Waals surface area contributed by atoms with Crippen LogP contribution in [0.1, 0.15) is 32.0 Å². The highest BCUT2D eigenvalue weighted by atomic mass is 35.5. The molecule has 2 amide bonds. The molecule has 0 aliphatic rings. The van der Waals surface area contributed by atoms with Crippen LogP contribution in [0.4, 0.5) is 5.69 Å². The first-order chi connectivity index (χ1) is 18.5. The second-order valence-electron chi connectivity index (χ2n) is 8.98. The molecule has 0 saturated heterocycles. The summed E-state index contributed by atoms with van der Waals surface area (Å²) in [5, 5.41) is 3.52. The molecule has 1 N–H and O–H groups in total. The number of halogens is 1. The molecule has 4 aromatic rings. The summed E-state index contributed by atoms with van der Waals surface area (Å²) in [6.45, 7) is 3.38. The maximum atomic E-state index is 13.3. The maximum absolute atomic E-state index is 13.3. The van der Waals surface area contributed by atoms with Gasteiger partial charge < -0.3 is 19.5 Å². The van der Waals surface area contributed by atoms with Crippen LogP contribution in [0.15, 0.2) is 78.9 Å². The third-order valence-electron chi connectivity index (χ3n) is 6.30. The lowest BCUT2D eigenvalue weighted by Gasteiger charge is -2.22. The van der Waals surface area contributed by atoms with Gasteiger partial charge in [0, 0.05) is 30.2 Å². The summed E-state index contributed by atoms with van der Waals surface area (Å²) >= 11 is 5.86. The largest absolute Gasteiger partial charge is 0.484 e. The number of fused-ring (bicyclic) bond motifs is 1. The van der Waals surface area contributed by atoms with Crippen molar-refractivity contribution < 1.29 is 14.3 Å². The number of para-hydroxylation sites is 3. The predicted octanol–water partition coefficient (Wildman–Crippen LogP) is 5.65. The summed E-state index contributed by atoms with van der Waals surface area (Å²) in [5.74, 6) is 1.39. The highest BCUT2D eigenvalue weighted by Gasteiger charge is 2.18. The van der Waals surface area contributed by atoms with Crippen LogP contribution in [-0.2, 0) is 22.6 Å². The number of likely N-dealkylation sites (N-methyl/N-ethyl adjacent to an activating group) is 1. The summed E-state index contributed by atoms with van der Waals surface area (Å²) in [6, 6.07) is 24.6. The van der Waals surface area contributed by atoms with Gasteiger partial charge in [-0.15, -0.1) is 0 Å². The van der Waals surface area contributed by atoms with Crippen LogP contribution in [0.5, 0.6) is 5.75 Å². The van der Waals surface area contributed by atoms with E-state index in [0.29, 0.717) is 23.9 Å². The lowest BCUT2D eigenvalue weighted by molar-refractivity contribution is -0.123. The quantitative estimate of drug-likeness (QED) is 0.226. The molecule has 7 nitrogen and oxygen atoms in total. The number of rotatable bonds is 13. The molecule has 8 heteroatoms. The van der Waals surface area contributed by atoms with Gasteiger partial charge >= 0.3 is 0 Å². The van der Waals surface area contributed by atoms with Gasteiger partial charge in [0.1, 0.15) is 18.1 Å². The third-order valence-corrected chi connectivity index (χ3v) is 6.55. The number of hydrogen-bond acceptors (Lipinski definition) is 4. The molecule has 0 radical (unpaired) electrons. The van der Waals surface area contributed by atoms with Gasteiger partial charge in [-0.1, -0.05) is 48.4 Å². The van der Waals surface area contributed by atoms with E-state index in [1.807, 2.05) is 66.1 Å². The predicted molar refractivity (Wildman–Crippen MR) is 152 cm³/mol. The summed E-state index contributed by atoms with van der Waals surface area (Å²) in [5.41, 5.74) is 2.76. The minimum atomic E-state index is -0.154. The van der Waals surface area contributed by atoms with Crippen molar-refractivity contribution in [3.8, 4) is 5.75 Å². The van der Waals surface area contributed by atoms with E-state index in [1.165, 1.54) is 0 Å². The number of ether oxygens (including phenoxy) is 1. The average molecular weight is 533 g/mol. The van der Waals surface area contributed by atoms with E-state index in [2.05, 4.69) is 5.32 Å². The molecule has 38 heavy (non-hydrogen) atoms. The molecule has 0 aliphatic heterocycles. The monoisotopic (exact) mass is 532 g/mol. The van der Waals surface area contributed by atoms with Crippen molar-refractivity contribution in [3.05, 3.63) is 89.7 Å². The van der Waals surface area contributed by atoms with E-state index in [-0.39, 0.29) is 25.0 Å². The molecule has 0 aliphatic carbocycles. The Bertz CT molecular complexity index is 1340. The van der Waals surface area contributed by atoms with E-state index in [4.69, 9.17) is 21.3 Å². The summed E-state index contributed by atoms with van der Waals surface area (Å²) in [7, 11) is 0. The summed E-state index contributed by atoms with van der Waals surface area (Å²) in [4.78, 5) is 32.0. The number of unbranched alkanes of at least 4 members (excludes halogenated alkanes) is 2. The number of benzene rings is 3. The van der Waals surface area contributed by atoms with Gasteiger partial charge in [0.15, 0.2) is 6.61 Å². The number of hydrogen-bond donors (Lipinski definition) is 1. The third kappa shape index (κ3) is 7.35. The van der Waals surface area contributed by atoms with Crippen LogP contribution in [0.2, 0.25) is 5.02 Å². The van der Waals surface area contributed by atoms with Crippen LogP contribution in [-0.4, -0.2) is 41.1 Å². The number of carbonyl (C=O) groups is 2. The smallest absolute Gasteiger partial charge is 0.257 e. The molecule has 3 aromatic carbocycles. The Morgan fingerprint density at radius 2 is 1.68 bits per heavy atom. The molecule has 198 valence electrons. The topological polar surface area (TPSA) is 76.5 Å². The fraction of sp³-hybridized carbons (Fsp3) is 0.300. The minimum absolute atomic E-state index is 0.0303. The SMILES string of the molecule is CCN(C(=O)Cn1c(CCCCCNC(=O)COc2ccc(Cl)cc2)nc2ccccc21)c1ccccc1. The molecule has 0 unspecified atom stereocenters. The van der Waals surface area contributed by atoms with Gasteiger partial charge in [-0.2, -0.15) is 0 Å². The van der Waals surface area contributed by atoms with E-state index < -0.39 is 0 Å². The van der Waals surface area contributed by atoms with E-state index in [0.717, 1.165) is 48.2 Å². The Kier molecular flexibility index (Phi) is 9.76. The molecule has 0 fully saturated rings. The number of aromatic nitrogens is 2. The van der Waals surface area contributed by atoms with Crippen LogP contribution in [0.3, 0.4) is 0 Å². The Morgan fingerprint density at radius 1 is 0.947 bits per heavy atom. The standard InChI is InChI=1S/C30H33ClN4O3/c1-2-34(24-11-5-3-6-12-24)30(37)21-35-27-14-9-8-13-26(27)33-28(35)15-7-4-10-20-32-29(36)22-38-25-18-16-23(31)17-19-25/h3,5-6,8-9,11-14,16-19H,2,4,7,10,15,20-22H2,1H3,(H,32,36). The zero-order valence-electron chi connectivity index (χ0n) is 21.6. The van der Waals surface area contributed by atoms with Gasteiger partial charge in [-0.3, -0.25) is 9.59 Å². The maximum Gasteiger partial charge on any atom is 0.257 e. The van der Waals surface area contributed by atoms with Crippen molar-refractivity contribution in [2.24, 2.45) is 0 Å². The first-order valence-corrected chi connectivity index (χ1v) is 13.4. The van der Waals surface area contributed by atoms with Gasteiger partial charge in [0.05, 0.1) is 11.0 Å². The van der Waals surface area contributed by atoms with E-state index in [1.54, 1.807) is 29.2 Å². The Morgan fingerprint density at radius 3 is 2.45 bits per heavy atom. The number of nitrogens with zero attached hydrogens (tertiary/aromatic N) is 3. The van der Waals surface area contributed by atoms with Gasteiger partial charge in [0.2, 0.25) is 5.91 Å². The van der Waals surface area contributed by atoms with Gasteiger partial charge in [0.25, 0.3) is 5.91 Å². The van der Waals surface area contributed by atoms with Gasteiger partial charge in [-0.05, 0) is 68.3 Å². The van der Waals surface area contributed by atoms with Crippen molar-refractivity contribution in [1.29, 1.82) is 0 Å². The Labute approximate surface area is 228 Å². The molecular formula is C30H33ClN4O3. The Hall–Kier alpha value is -3.84. The van der Waals surface area contributed by atoms with Crippen molar-refractivity contribution in [1.82, 2.24) is 14.9 Å². The lowest BCUT2D eigenvalue weighted by atomic mass is 10.2. The van der Waals surface area contributed by atoms with Crippen LogP contribution < -0.4 is 15.0 Å². The highest BCUT2D eigenvalue weighted by Crippen LogP contribution is 2.20. The number of imidazole rings is 1. The van der Waals surface area contributed by atoms with Crippen LogP contribution >= 0.6 is 11.6 Å². The Balaban J connectivity index is 1.27. The normalized spacial score (nSPS) is 10.9. The molecule has 4 rings (SSSR count). The first-order valence-electron chi connectivity index (χ1n) is 13.0. The molecule has 0 spiro atoms. The first kappa shape index (κ1) is 27.2. The summed E-state index contributed by atoms with van der Waals surface area (Å²) < 4.78 is 7.51. The van der Waals surface area contributed by atoms with Crippen molar-refractivity contribution in [2.45, 2.75) is 39.2 Å². The van der Waals surface area contributed by atoms with Gasteiger partial charge in [-0.25, -0.2) is 4.98 Å². The van der Waals surface area contributed by atoms with Crippen molar-refractivity contribution in [2.75, 3.05) is 24.6 Å². The van der Waals surface area contributed by atoms with Crippen LogP contribution in [0, 0.1) is 0 Å². The van der Waals surface area contributed by atoms with Crippen molar-refractivity contribution in [3.63, 3.8) is 0 Å². The molecule has 0 saturated carbocycles. The minimum Gasteiger partial charge on any atom is -0.484 e. The molecule has 0 atom stereocenters. The number of carbonyl (C=O) groups excluding carboxylic acids is 2. The fourth-order valence-electron chi connectivity index (χ4n) is 4.37. The number of amides is 2. The van der Waals surface area contributed by atoms with Crippen molar-refractivity contribution >= 4 is 40.1 Å². The average Bonchev–Trinajstić information content (AvgIpc) is 3.28. The van der Waals surface area contributed by atoms with E-state index in [9.17, 15) is 9.59 Å². The lowest BCUT2D eigenvalue weighted by Crippen LogP contribution is -2.34. The zero-order valence-corrected chi connectivity index (χ0v) is 22.4. The number of anilines is 1. The molecule has 0 bridgehead atoms. The van der Waals surface area contributed by atoms with Crippen LogP contribution in [0.25, 0.3) is 11.0 Å². The van der Waals surface area contributed by atoms with E-state index >= 15 is 0 Å². The molecular weight excluding hydrogens is 500 g/mol. The fourth-order valence-corrected chi connectivity index (χ4v) is 4.49. The zero-order chi connectivity index (χ0) is 26.7. The molecule has 1 heterocycles. The second-order valence-corrected chi connectivity index (χ2v) is 9.42. The number of aryl methyl sites for hydroxylation is 1. The number of nitrogens with one attached hydrogen (secondary N) is 1. The molecule has 1 aromatic heterocycles. The highest BCUT2D eigenvalue weighted by molar-refractivity contribution is 6.30. The summed E-state index contributed by atoms with van der Waals surface area (Å²) in [6.07, 6.45) is 3.45.